The SMILES string of the molecule is O=C(NCCC#Cc1cccnc1F)OCc1ccccc1. The van der Waals surface area contributed by atoms with E-state index >= 15 is 0 Å². The van der Waals surface area contributed by atoms with Gasteiger partial charge in [0.25, 0.3) is 0 Å². The molecule has 0 radical (unpaired) electrons. The van der Waals surface area contributed by atoms with E-state index in [-0.39, 0.29) is 12.2 Å². The third-order valence-corrected chi connectivity index (χ3v) is 2.71. The molecule has 2 aromatic rings. The summed E-state index contributed by atoms with van der Waals surface area (Å²) in [4.78, 5) is 15.0. The molecule has 0 aliphatic carbocycles. The molecule has 0 fully saturated rings. The molecule has 0 spiro atoms. The van der Waals surface area contributed by atoms with Gasteiger partial charge in [-0.1, -0.05) is 42.2 Å². The quantitative estimate of drug-likeness (QED) is 0.536. The van der Waals surface area contributed by atoms with Crippen molar-refractivity contribution in [1.82, 2.24) is 10.3 Å². The minimum absolute atomic E-state index is 0.221. The first-order valence-electron chi connectivity index (χ1n) is 6.79. The fraction of sp³-hybridized carbons (Fsp3) is 0.176. The highest BCUT2D eigenvalue weighted by Gasteiger charge is 2.01. The van der Waals surface area contributed by atoms with Gasteiger partial charge in [0, 0.05) is 19.2 Å². The Morgan fingerprint density at radius 1 is 1.23 bits per heavy atom. The zero-order valence-corrected chi connectivity index (χ0v) is 11.9. The van der Waals surface area contributed by atoms with Crippen molar-refractivity contribution in [2.75, 3.05) is 6.54 Å². The van der Waals surface area contributed by atoms with Crippen LogP contribution in [0.4, 0.5) is 9.18 Å². The van der Waals surface area contributed by atoms with Gasteiger partial charge in [-0.15, -0.1) is 0 Å². The van der Waals surface area contributed by atoms with Crippen LogP contribution in [-0.4, -0.2) is 17.6 Å². The van der Waals surface area contributed by atoms with Crippen LogP contribution >= 0.6 is 0 Å². The van der Waals surface area contributed by atoms with Crippen LogP contribution in [-0.2, 0) is 11.3 Å². The average molecular weight is 298 g/mol. The molecule has 1 heterocycles. The normalized spacial score (nSPS) is 9.50. The Balaban J connectivity index is 1.67. The lowest BCUT2D eigenvalue weighted by Gasteiger charge is -2.05. The minimum Gasteiger partial charge on any atom is -0.445 e. The standard InChI is InChI=1S/C17H15FN2O2/c18-16-15(10-6-12-19-16)9-4-5-11-20-17(21)22-13-14-7-2-1-3-8-14/h1-3,6-8,10,12H,5,11,13H2,(H,20,21). The molecule has 112 valence electrons. The molecule has 4 nitrogen and oxygen atoms in total. The maximum Gasteiger partial charge on any atom is 0.407 e. The predicted octanol–water partition coefficient (Wildman–Crippen LogP) is 2.89. The first kappa shape index (κ1) is 15.5. The van der Waals surface area contributed by atoms with Crippen LogP contribution in [0.5, 0.6) is 0 Å². The number of benzene rings is 1. The Morgan fingerprint density at radius 2 is 2.05 bits per heavy atom. The molecule has 1 amide bonds. The van der Waals surface area contributed by atoms with E-state index in [1.165, 1.54) is 6.20 Å². The number of rotatable bonds is 4. The molecular formula is C17H15FN2O2. The first-order valence-corrected chi connectivity index (χ1v) is 6.79. The van der Waals surface area contributed by atoms with E-state index in [9.17, 15) is 9.18 Å². The second kappa shape index (κ2) is 8.42. The van der Waals surface area contributed by atoms with Crippen molar-refractivity contribution < 1.29 is 13.9 Å². The zero-order valence-electron chi connectivity index (χ0n) is 11.9. The summed E-state index contributed by atoms with van der Waals surface area (Å²) >= 11 is 0. The maximum atomic E-state index is 13.2. The molecule has 0 saturated carbocycles. The van der Waals surface area contributed by atoms with Crippen LogP contribution in [0.3, 0.4) is 0 Å². The van der Waals surface area contributed by atoms with E-state index in [0.717, 1.165) is 5.56 Å². The third kappa shape index (κ3) is 5.25. The Labute approximate surface area is 128 Å². The molecule has 0 bridgehead atoms. The number of amides is 1. The summed E-state index contributed by atoms with van der Waals surface area (Å²) < 4.78 is 18.2. The van der Waals surface area contributed by atoms with Gasteiger partial charge in [0.15, 0.2) is 0 Å². The van der Waals surface area contributed by atoms with Crippen LogP contribution in [0.25, 0.3) is 0 Å². The number of halogens is 1. The molecule has 1 aromatic carbocycles. The topological polar surface area (TPSA) is 51.2 Å². The molecule has 0 unspecified atom stereocenters. The number of ether oxygens (including phenoxy) is 1. The van der Waals surface area contributed by atoms with E-state index in [0.29, 0.717) is 13.0 Å². The molecule has 0 aliphatic heterocycles. The summed E-state index contributed by atoms with van der Waals surface area (Å²) in [6.45, 7) is 0.557. The number of alkyl carbamates (subject to hydrolysis) is 1. The summed E-state index contributed by atoms with van der Waals surface area (Å²) in [5.74, 6) is 4.84. The minimum atomic E-state index is -0.592. The van der Waals surface area contributed by atoms with Crippen LogP contribution < -0.4 is 5.32 Å². The van der Waals surface area contributed by atoms with Gasteiger partial charge in [0.05, 0.1) is 5.56 Å². The van der Waals surface area contributed by atoms with Crippen LogP contribution in [0.15, 0.2) is 48.7 Å². The third-order valence-electron chi connectivity index (χ3n) is 2.71. The molecular weight excluding hydrogens is 283 g/mol. The number of hydrogen-bond donors (Lipinski definition) is 1. The highest BCUT2D eigenvalue weighted by Crippen LogP contribution is 2.01. The van der Waals surface area contributed by atoms with Gasteiger partial charge in [-0.3, -0.25) is 0 Å². The van der Waals surface area contributed by atoms with E-state index in [4.69, 9.17) is 4.74 Å². The fourth-order valence-corrected chi connectivity index (χ4v) is 1.64. The summed E-state index contributed by atoms with van der Waals surface area (Å²) in [6, 6.07) is 12.6. The van der Waals surface area contributed by atoms with Crippen LogP contribution in [0, 0.1) is 17.8 Å². The second-order valence-corrected chi connectivity index (χ2v) is 4.38. The number of carbonyl (C=O) groups excluding carboxylic acids is 1. The van der Waals surface area contributed by atoms with E-state index in [1.807, 2.05) is 30.3 Å². The average Bonchev–Trinajstić information content (AvgIpc) is 2.55. The Hall–Kier alpha value is -2.87. The number of nitrogens with zero attached hydrogens (tertiary/aromatic N) is 1. The van der Waals surface area contributed by atoms with Crippen molar-refractivity contribution in [3.05, 3.63) is 65.7 Å². The molecule has 5 heteroatoms. The number of carbonyl (C=O) groups is 1. The van der Waals surface area contributed by atoms with Gasteiger partial charge >= 0.3 is 6.09 Å². The lowest BCUT2D eigenvalue weighted by Crippen LogP contribution is -2.24. The highest BCUT2D eigenvalue weighted by atomic mass is 19.1. The van der Waals surface area contributed by atoms with Gasteiger partial charge in [-0.2, -0.15) is 4.39 Å². The lowest BCUT2D eigenvalue weighted by molar-refractivity contribution is 0.140. The largest absolute Gasteiger partial charge is 0.445 e. The molecule has 2 rings (SSSR count). The first-order chi connectivity index (χ1) is 10.8. The Kier molecular flexibility index (Phi) is 5.94. The van der Waals surface area contributed by atoms with Crippen molar-refractivity contribution in [1.29, 1.82) is 0 Å². The molecule has 1 N–H and O–H groups in total. The van der Waals surface area contributed by atoms with Crippen LogP contribution in [0.1, 0.15) is 17.5 Å². The van der Waals surface area contributed by atoms with Crippen LogP contribution in [0.2, 0.25) is 0 Å². The van der Waals surface area contributed by atoms with Crippen molar-refractivity contribution in [2.45, 2.75) is 13.0 Å². The van der Waals surface area contributed by atoms with E-state index < -0.39 is 12.0 Å². The number of aromatic nitrogens is 1. The van der Waals surface area contributed by atoms with E-state index in [1.54, 1.807) is 12.1 Å². The molecule has 22 heavy (non-hydrogen) atoms. The Bertz CT molecular complexity index is 678. The number of pyridine rings is 1. The highest BCUT2D eigenvalue weighted by molar-refractivity contribution is 5.67. The second-order valence-electron chi connectivity index (χ2n) is 4.38. The van der Waals surface area contributed by atoms with Gasteiger partial charge in [0.1, 0.15) is 6.61 Å². The van der Waals surface area contributed by atoms with Crippen molar-refractivity contribution >= 4 is 6.09 Å². The molecule has 0 atom stereocenters. The Morgan fingerprint density at radius 3 is 2.82 bits per heavy atom. The summed E-state index contributed by atoms with van der Waals surface area (Å²) in [6.07, 6.45) is 1.26. The monoisotopic (exact) mass is 298 g/mol. The number of hydrogen-bond acceptors (Lipinski definition) is 3. The zero-order chi connectivity index (χ0) is 15.6. The summed E-state index contributed by atoms with van der Waals surface area (Å²) in [5.41, 5.74) is 1.17. The number of nitrogens with one attached hydrogen (secondary N) is 1. The summed E-state index contributed by atoms with van der Waals surface area (Å²) in [5, 5.41) is 2.58. The van der Waals surface area contributed by atoms with Crippen molar-refractivity contribution in [2.24, 2.45) is 0 Å². The van der Waals surface area contributed by atoms with Gasteiger partial charge in [-0.25, -0.2) is 9.78 Å². The smallest absolute Gasteiger partial charge is 0.407 e. The molecule has 0 saturated heterocycles. The molecule has 1 aromatic heterocycles. The summed E-state index contributed by atoms with van der Waals surface area (Å²) in [7, 11) is 0. The van der Waals surface area contributed by atoms with Crippen molar-refractivity contribution in [3.8, 4) is 11.8 Å². The van der Waals surface area contributed by atoms with Crippen molar-refractivity contribution in [3.63, 3.8) is 0 Å². The maximum absolute atomic E-state index is 13.2. The van der Waals surface area contributed by atoms with E-state index in [2.05, 4.69) is 22.1 Å². The predicted molar refractivity (Wildman–Crippen MR) is 80.3 cm³/mol. The van der Waals surface area contributed by atoms with Gasteiger partial charge < -0.3 is 10.1 Å². The fourth-order valence-electron chi connectivity index (χ4n) is 1.64. The molecule has 0 aliphatic rings. The lowest BCUT2D eigenvalue weighted by atomic mass is 10.2. The van der Waals surface area contributed by atoms with Gasteiger partial charge in [0.2, 0.25) is 5.95 Å². The van der Waals surface area contributed by atoms with Gasteiger partial charge in [-0.05, 0) is 17.7 Å².